The lowest BCUT2D eigenvalue weighted by molar-refractivity contribution is 0.0731. The first kappa shape index (κ1) is 22.1. The van der Waals surface area contributed by atoms with Crippen molar-refractivity contribution in [3.8, 4) is 17.1 Å². The molecule has 3 aromatic carbocycles. The van der Waals surface area contributed by atoms with Crippen LogP contribution in [0.4, 0.5) is 0 Å². The van der Waals surface area contributed by atoms with Gasteiger partial charge in [-0.15, -0.1) is 0 Å². The summed E-state index contributed by atoms with van der Waals surface area (Å²) < 4.78 is 11.6. The standard InChI is InChI=1S/C26H20Cl2O4/c1-26(2,3)17-8-4-15(5-9-17)23-24(32-25(30)16-6-10-18(27)11-7-16)22(29)20-14-19(28)12-13-21(20)31-23/h4-14H,1-3H3. The molecule has 6 heteroatoms. The largest absolute Gasteiger partial charge is 0.452 e. The van der Waals surface area contributed by atoms with Gasteiger partial charge in [0.05, 0.1) is 10.9 Å². The fraction of sp³-hybridized carbons (Fsp3) is 0.154. The van der Waals surface area contributed by atoms with E-state index in [0.717, 1.165) is 5.56 Å². The van der Waals surface area contributed by atoms with Crippen LogP contribution in [0, 0.1) is 0 Å². The number of carbonyl (C=O) groups excluding carboxylic acids is 1. The summed E-state index contributed by atoms with van der Waals surface area (Å²) in [4.78, 5) is 26.1. The van der Waals surface area contributed by atoms with E-state index in [1.807, 2.05) is 24.3 Å². The molecule has 0 amide bonds. The van der Waals surface area contributed by atoms with Gasteiger partial charge in [0.1, 0.15) is 5.58 Å². The molecule has 4 nitrogen and oxygen atoms in total. The molecule has 0 saturated heterocycles. The lowest BCUT2D eigenvalue weighted by atomic mass is 9.86. The van der Waals surface area contributed by atoms with Crippen molar-refractivity contribution in [2.24, 2.45) is 0 Å². The Balaban J connectivity index is 1.87. The van der Waals surface area contributed by atoms with Crippen molar-refractivity contribution < 1.29 is 13.9 Å². The molecule has 0 N–H and O–H groups in total. The lowest BCUT2D eigenvalue weighted by Gasteiger charge is -2.19. The molecule has 0 spiro atoms. The molecular formula is C26H20Cl2O4. The van der Waals surface area contributed by atoms with Crippen molar-refractivity contribution in [1.29, 1.82) is 0 Å². The summed E-state index contributed by atoms with van der Waals surface area (Å²) in [5, 5.41) is 1.09. The first-order valence-electron chi connectivity index (χ1n) is 9.98. The van der Waals surface area contributed by atoms with Gasteiger partial charge in [0.15, 0.2) is 5.76 Å². The minimum atomic E-state index is -0.692. The van der Waals surface area contributed by atoms with Crippen molar-refractivity contribution in [2.75, 3.05) is 0 Å². The number of rotatable bonds is 3. The van der Waals surface area contributed by atoms with Crippen LogP contribution in [0.3, 0.4) is 0 Å². The molecule has 0 radical (unpaired) electrons. The second-order valence-electron chi connectivity index (χ2n) is 8.45. The molecule has 0 atom stereocenters. The van der Waals surface area contributed by atoms with E-state index >= 15 is 0 Å². The summed E-state index contributed by atoms with van der Waals surface area (Å²) in [5.74, 6) is -0.710. The maximum atomic E-state index is 13.3. The van der Waals surface area contributed by atoms with Crippen LogP contribution in [-0.4, -0.2) is 5.97 Å². The predicted molar refractivity (Wildman–Crippen MR) is 128 cm³/mol. The van der Waals surface area contributed by atoms with Gasteiger partial charge in [-0.25, -0.2) is 4.79 Å². The van der Waals surface area contributed by atoms with E-state index in [2.05, 4.69) is 20.8 Å². The van der Waals surface area contributed by atoms with Gasteiger partial charge >= 0.3 is 5.97 Å². The van der Waals surface area contributed by atoms with Crippen molar-refractivity contribution in [1.82, 2.24) is 0 Å². The van der Waals surface area contributed by atoms with Gasteiger partial charge < -0.3 is 9.15 Å². The molecule has 162 valence electrons. The van der Waals surface area contributed by atoms with E-state index in [-0.39, 0.29) is 27.9 Å². The highest BCUT2D eigenvalue weighted by Crippen LogP contribution is 2.33. The fourth-order valence-electron chi connectivity index (χ4n) is 3.29. The number of hydrogen-bond acceptors (Lipinski definition) is 4. The predicted octanol–water partition coefficient (Wildman–Crippen LogP) is 7.28. The number of halogens is 2. The molecule has 32 heavy (non-hydrogen) atoms. The first-order valence-corrected chi connectivity index (χ1v) is 10.7. The summed E-state index contributed by atoms with van der Waals surface area (Å²) >= 11 is 12.0. The quantitative estimate of drug-likeness (QED) is 0.297. The van der Waals surface area contributed by atoms with Crippen LogP contribution in [0.5, 0.6) is 5.75 Å². The Morgan fingerprint density at radius 3 is 2.12 bits per heavy atom. The number of esters is 1. The number of fused-ring (bicyclic) bond motifs is 1. The van der Waals surface area contributed by atoms with Crippen molar-refractivity contribution in [3.05, 3.63) is 98.1 Å². The Labute approximate surface area is 195 Å². The number of carbonyl (C=O) groups is 1. The van der Waals surface area contributed by atoms with Crippen LogP contribution in [0.15, 0.2) is 75.9 Å². The van der Waals surface area contributed by atoms with E-state index in [4.69, 9.17) is 32.4 Å². The molecule has 0 bridgehead atoms. The van der Waals surface area contributed by atoms with Gasteiger partial charge in [0.25, 0.3) is 0 Å². The third kappa shape index (κ3) is 4.43. The van der Waals surface area contributed by atoms with Crippen molar-refractivity contribution in [2.45, 2.75) is 26.2 Å². The SMILES string of the molecule is CC(C)(C)c1ccc(-c2oc3ccc(Cl)cc3c(=O)c2OC(=O)c2ccc(Cl)cc2)cc1. The highest BCUT2D eigenvalue weighted by molar-refractivity contribution is 6.31. The third-order valence-electron chi connectivity index (χ3n) is 5.10. The molecule has 0 aliphatic heterocycles. The van der Waals surface area contributed by atoms with Crippen LogP contribution in [0.25, 0.3) is 22.3 Å². The fourth-order valence-corrected chi connectivity index (χ4v) is 3.59. The van der Waals surface area contributed by atoms with Crippen LogP contribution >= 0.6 is 23.2 Å². The van der Waals surface area contributed by atoms with Crippen molar-refractivity contribution in [3.63, 3.8) is 0 Å². The van der Waals surface area contributed by atoms with Gasteiger partial charge in [0.2, 0.25) is 11.2 Å². The van der Waals surface area contributed by atoms with Crippen molar-refractivity contribution >= 4 is 40.1 Å². The zero-order chi connectivity index (χ0) is 23.0. The zero-order valence-electron chi connectivity index (χ0n) is 17.7. The molecule has 0 saturated carbocycles. The molecule has 0 fully saturated rings. The van der Waals surface area contributed by atoms with Gasteiger partial charge in [-0.05, 0) is 53.4 Å². The van der Waals surface area contributed by atoms with Gasteiger partial charge in [-0.3, -0.25) is 4.79 Å². The van der Waals surface area contributed by atoms with Crippen LogP contribution in [0.1, 0.15) is 36.7 Å². The van der Waals surface area contributed by atoms with E-state index < -0.39 is 11.4 Å². The Kier molecular flexibility index (Phi) is 5.85. The molecule has 0 unspecified atom stereocenters. The minimum absolute atomic E-state index is 0.0383. The lowest BCUT2D eigenvalue weighted by Crippen LogP contribution is -2.16. The maximum absolute atomic E-state index is 13.3. The maximum Gasteiger partial charge on any atom is 0.343 e. The van der Waals surface area contributed by atoms with Crippen LogP contribution in [0.2, 0.25) is 10.0 Å². The molecular weight excluding hydrogens is 447 g/mol. The Hall–Kier alpha value is -3.08. The third-order valence-corrected chi connectivity index (χ3v) is 5.59. The number of hydrogen-bond donors (Lipinski definition) is 0. The summed E-state index contributed by atoms with van der Waals surface area (Å²) in [6.45, 7) is 6.34. The molecule has 0 aliphatic rings. The second-order valence-corrected chi connectivity index (χ2v) is 9.33. The Morgan fingerprint density at radius 1 is 0.875 bits per heavy atom. The molecule has 4 aromatic rings. The van der Waals surface area contributed by atoms with Gasteiger partial charge in [0, 0.05) is 15.6 Å². The van der Waals surface area contributed by atoms with E-state index in [1.165, 1.54) is 18.2 Å². The van der Waals surface area contributed by atoms with Gasteiger partial charge in [-0.1, -0.05) is 68.2 Å². The first-order chi connectivity index (χ1) is 15.1. The smallest absolute Gasteiger partial charge is 0.343 e. The minimum Gasteiger partial charge on any atom is -0.452 e. The average Bonchev–Trinajstić information content (AvgIpc) is 2.76. The highest BCUT2D eigenvalue weighted by atomic mass is 35.5. The van der Waals surface area contributed by atoms with E-state index in [9.17, 15) is 9.59 Å². The molecule has 4 rings (SSSR count). The Bertz CT molecular complexity index is 1360. The monoisotopic (exact) mass is 466 g/mol. The average molecular weight is 467 g/mol. The van der Waals surface area contributed by atoms with Gasteiger partial charge in [-0.2, -0.15) is 0 Å². The number of benzene rings is 3. The summed E-state index contributed by atoms with van der Waals surface area (Å²) in [7, 11) is 0. The van der Waals surface area contributed by atoms with E-state index in [0.29, 0.717) is 21.2 Å². The summed E-state index contributed by atoms with van der Waals surface area (Å²) in [6.07, 6.45) is 0. The second kappa shape index (κ2) is 8.45. The van der Waals surface area contributed by atoms with Crippen LogP contribution < -0.4 is 10.2 Å². The van der Waals surface area contributed by atoms with E-state index in [1.54, 1.807) is 24.3 Å². The summed E-state index contributed by atoms with van der Waals surface area (Å²) in [5.41, 5.74) is 1.82. The van der Waals surface area contributed by atoms with Crippen LogP contribution in [-0.2, 0) is 5.41 Å². The molecule has 1 aromatic heterocycles. The number of ether oxygens (including phenoxy) is 1. The Morgan fingerprint density at radius 2 is 1.50 bits per heavy atom. The normalized spacial score (nSPS) is 11.5. The highest BCUT2D eigenvalue weighted by Gasteiger charge is 2.22. The molecule has 0 aliphatic carbocycles. The topological polar surface area (TPSA) is 56.5 Å². The summed E-state index contributed by atoms with van der Waals surface area (Å²) in [6, 6.07) is 18.6. The zero-order valence-corrected chi connectivity index (χ0v) is 19.3. The molecule has 1 heterocycles.